The molecule has 0 saturated heterocycles. The van der Waals surface area contributed by atoms with Crippen molar-refractivity contribution in [1.82, 2.24) is 15.6 Å². The summed E-state index contributed by atoms with van der Waals surface area (Å²) in [5, 5.41) is 14.5. The summed E-state index contributed by atoms with van der Waals surface area (Å²) in [6, 6.07) is 9.72. The van der Waals surface area contributed by atoms with Gasteiger partial charge in [0.25, 0.3) is 11.8 Å². The van der Waals surface area contributed by atoms with E-state index < -0.39 is 11.9 Å². The smallest absolute Gasteiger partial charge is 0.354 e. The fourth-order valence-electron chi connectivity index (χ4n) is 2.20. The lowest BCUT2D eigenvalue weighted by Crippen LogP contribution is -2.32. The molecule has 0 aliphatic carbocycles. The van der Waals surface area contributed by atoms with E-state index in [0.717, 1.165) is 12.0 Å². The lowest BCUT2D eigenvalue weighted by molar-refractivity contribution is 0.0690. The summed E-state index contributed by atoms with van der Waals surface area (Å²) >= 11 is 0. The van der Waals surface area contributed by atoms with Crippen LogP contribution in [0.3, 0.4) is 0 Å². The summed E-state index contributed by atoms with van der Waals surface area (Å²) in [7, 11) is 0. The Kier molecular flexibility index (Phi) is 6.43. The highest BCUT2D eigenvalue weighted by Gasteiger charge is 2.12. The van der Waals surface area contributed by atoms with Crippen molar-refractivity contribution in [2.45, 2.75) is 32.9 Å². The third-order valence-corrected chi connectivity index (χ3v) is 3.87. The minimum Gasteiger partial charge on any atom is -0.477 e. The molecule has 2 amide bonds. The molecule has 1 heterocycles. The molecular weight excluding hydrogens is 334 g/mol. The molecule has 7 nitrogen and oxygen atoms in total. The maximum Gasteiger partial charge on any atom is 0.354 e. The SMILES string of the molecule is CCC(C)NC(=O)c1cccc(CNC(=O)c2ccnc(C(=O)O)c2)c1. The first kappa shape index (κ1) is 19.1. The topological polar surface area (TPSA) is 108 Å². The first-order valence-corrected chi connectivity index (χ1v) is 8.28. The predicted octanol–water partition coefficient (Wildman–Crippen LogP) is 2.24. The van der Waals surface area contributed by atoms with Gasteiger partial charge in [-0.3, -0.25) is 9.59 Å². The molecule has 0 aliphatic heterocycles. The van der Waals surface area contributed by atoms with E-state index in [-0.39, 0.29) is 29.8 Å². The number of pyridine rings is 1. The van der Waals surface area contributed by atoms with Crippen molar-refractivity contribution in [2.75, 3.05) is 0 Å². The van der Waals surface area contributed by atoms with E-state index in [1.165, 1.54) is 18.3 Å². The fourth-order valence-corrected chi connectivity index (χ4v) is 2.20. The van der Waals surface area contributed by atoms with Gasteiger partial charge in [0.1, 0.15) is 5.69 Å². The number of aromatic carboxylic acids is 1. The van der Waals surface area contributed by atoms with Crippen LogP contribution in [0.15, 0.2) is 42.6 Å². The van der Waals surface area contributed by atoms with E-state index in [4.69, 9.17) is 5.11 Å². The number of nitrogens with zero attached hydrogens (tertiary/aromatic N) is 1. The average molecular weight is 355 g/mol. The van der Waals surface area contributed by atoms with Crippen molar-refractivity contribution in [3.8, 4) is 0 Å². The van der Waals surface area contributed by atoms with Crippen molar-refractivity contribution < 1.29 is 19.5 Å². The van der Waals surface area contributed by atoms with E-state index in [0.29, 0.717) is 5.56 Å². The maximum absolute atomic E-state index is 12.2. The molecule has 1 unspecified atom stereocenters. The molecule has 0 saturated carbocycles. The maximum atomic E-state index is 12.2. The van der Waals surface area contributed by atoms with Crippen LogP contribution in [0.25, 0.3) is 0 Å². The third-order valence-electron chi connectivity index (χ3n) is 3.87. The molecule has 2 rings (SSSR count). The van der Waals surface area contributed by atoms with Crippen LogP contribution in [-0.2, 0) is 6.54 Å². The summed E-state index contributed by atoms with van der Waals surface area (Å²) in [5.41, 5.74) is 1.31. The van der Waals surface area contributed by atoms with Crippen LogP contribution in [0.2, 0.25) is 0 Å². The van der Waals surface area contributed by atoms with Gasteiger partial charge in [-0.05, 0) is 43.2 Å². The molecule has 2 aromatic rings. The zero-order chi connectivity index (χ0) is 19.1. The fraction of sp³-hybridized carbons (Fsp3) is 0.263. The van der Waals surface area contributed by atoms with Crippen LogP contribution in [0, 0.1) is 0 Å². The Bertz CT molecular complexity index is 820. The van der Waals surface area contributed by atoms with Crippen molar-refractivity contribution in [3.63, 3.8) is 0 Å². The summed E-state index contributed by atoms with van der Waals surface area (Å²) in [6.07, 6.45) is 2.12. The van der Waals surface area contributed by atoms with Crippen LogP contribution in [-0.4, -0.2) is 33.9 Å². The van der Waals surface area contributed by atoms with Gasteiger partial charge >= 0.3 is 5.97 Å². The number of carboxylic acid groups (broad SMARTS) is 1. The molecule has 1 aromatic carbocycles. The lowest BCUT2D eigenvalue weighted by atomic mass is 10.1. The number of benzene rings is 1. The highest BCUT2D eigenvalue weighted by atomic mass is 16.4. The average Bonchev–Trinajstić information content (AvgIpc) is 2.66. The van der Waals surface area contributed by atoms with Gasteiger partial charge in [0.05, 0.1) is 0 Å². The summed E-state index contributed by atoms with van der Waals surface area (Å²) < 4.78 is 0. The zero-order valence-corrected chi connectivity index (χ0v) is 14.7. The molecule has 136 valence electrons. The molecule has 0 radical (unpaired) electrons. The molecule has 1 atom stereocenters. The molecule has 1 aromatic heterocycles. The number of rotatable bonds is 7. The first-order chi connectivity index (χ1) is 12.4. The number of nitrogens with one attached hydrogen (secondary N) is 2. The normalized spacial score (nSPS) is 11.5. The molecule has 3 N–H and O–H groups in total. The Labute approximate surface area is 151 Å². The quantitative estimate of drug-likeness (QED) is 0.706. The van der Waals surface area contributed by atoms with Gasteiger partial charge in [0.2, 0.25) is 0 Å². The van der Waals surface area contributed by atoms with Crippen molar-refractivity contribution in [2.24, 2.45) is 0 Å². The van der Waals surface area contributed by atoms with Gasteiger partial charge in [0, 0.05) is 29.9 Å². The highest BCUT2D eigenvalue weighted by Crippen LogP contribution is 2.07. The Morgan fingerprint density at radius 1 is 1.12 bits per heavy atom. The molecule has 0 bridgehead atoms. The van der Waals surface area contributed by atoms with E-state index in [1.807, 2.05) is 13.8 Å². The Hall–Kier alpha value is -3.22. The standard InChI is InChI=1S/C19H21N3O4/c1-3-12(2)22-18(24)14-6-4-5-13(9-14)11-21-17(23)15-7-8-20-16(10-15)19(25)26/h4-10,12H,3,11H2,1-2H3,(H,21,23)(H,22,24)(H,25,26). The van der Waals surface area contributed by atoms with E-state index >= 15 is 0 Å². The van der Waals surface area contributed by atoms with Gasteiger partial charge in [0.15, 0.2) is 0 Å². The van der Waals surface area contributed by atoms with Gasteiger partial charge < -0.3 is 15.7 Å². The summed E-state index contributed by atoms with van der Waals surface area (Å²) in [6.45, 7) is 4.14. The second-order valence-corrected chi connectivity index (χ2v) is 5.90. The van der Waals surface area contributed by atoms with E-state index in [1.54, 1.807) is 24.3 Å². The monoisotopic (exact) mass is 355 g/mol. The van der Waals surface area contributed by atoms with Crippen LogP contribution in [0.1, 0.15) is 57.0 Å². The summed E-state index contributed by atoms with van der Waals surface area (Å²) in [4.78, 5) is 39.0. The van der Waals surface area contributed by atoms with Crippen molar-refractivity contribution in [1.29, 1.82) is 0 Å². The van der Waals surface area contributed by atoms with Crippen molar-refractivity contribution >= 4 is 17.8 Å². The predicted molar refractivity (Wildman–Crippen MR) is 96.0 cm³/mol. The molecular formula is C19H21N3O4. The molecule has 7 heteroatoms. The number of amides is 2. The van der Waals surface area contributed by atoms with Crippen LogP contribution < -0.4 is 10.6 Å². The Balaban J connectivity index is 2.02. The minimum absolute atomic E-state index is 0.0842. The number of aromatic nitrogens is 1. The molecule has 0 fully saturated rings. The van der Waals surface area contributed by atoms with Crippen LogP contribution in [0.5, 0.6) is 0 Å². The van der Waals surface area contributed by atoms with Gasteiger partial charge in [-0.1, -0.05) is 19.1 Å². The van der Waals surface area contributed by atoms with E-state index in [2.05, 4.69) is 15.6 Å². The first-order valence-electron chi connectivity index (χ1n) is 8.28. The zero-order valence-electron chi connectivity index (χ0n) is 14.7. The van der Waals surface area contributed by atoms with Gasteiger partial charge in [-0.25, -0.2) is 9.78 Å². The Morgan fingerprint density at radius 2 is 1.85 bits per heavy atom. The lowest BCUT2D eigenvalue weighted by Gasteiger charge is -2.12. The van der Waals surface area contributed by atoms with Gasteiger partial charge in [-0.15, -0.1) is 0 Å². The number of hydrogen-bond acceptors (Lipinski definition) is 4. The largest absolute Gasteiger partial charge is 0.477 e. The van der Waals surface area contributed by atoms with E-state index in [9.17, 15) is 14.4 Å². The molecule has 0 aliphatic rings. The second kappa shape index (κ2) is 8.75. The van der Waals surface area contributed by atoms with Crippen molar-refractivity contribution in [3.05, 3.63) is 65.0 Å². The molecule has 0 spiro atoms. The van der Waals surface area contributed by atoms with Crippen LogP contribution in [0.4, 0.5) is 0 Å². The number of carbonyl (C=O) groups excluding carboxylic acids is 2. The summed E-state index contributed by atoms with van der Waals surface area (Å²) in [5.74, 6) is -1.77. The minimum atomic E-state index is -1.19. The van der Waals surface area contributed by atoms with Gasteiger partial charge in [-0.2, -0.15) is 0 Å². The number of carboxylic acids is 1. The number of hydrogen-bond donors (Lipinski definition) is 3. The number of carbonyl (C=O) groups is 3. The second-order valence-electron chi connectivity index (χ2n) is 5.90. The molecule has 26 heavy (non-hydrogen) atoms. The highest BCUT2D eigenvalue weighted by molar-refractivity contribution is 5.97. The third kappa shape index (κ3) is 5.14. The Morgan fingerprint density at radius 3 is 2.54 bits per heavy atom. The van der Waals surface area contributed by atoms with Crippen LogP contribution >= 0.6 is 0 Å².